The number of aromatic nitrogens is 2. The van der Waals surface area contributed by atoms with Crippen LogP contribution in [0, 0.1) is 24.3 Å². The minimum absolute atomic E-state index is 0.0640. The van der Waals surface area contributed by atoms with Crippen LogP contribution in [0.5, 0.6) is 0 Å². The molecule has 0 unspecified atom stereocenters. The highest BCUT2D eigenvalue weighted by Crippen LogP contribution is 2.15. The second kappa shape index (κ2) is 5.73. The van der Waals surface area contributed by atoms with Crippen molar-refractivity contribution < 1.29 is 4.79 Å². The van der Waals surface area contributed by atoms with Crippen molar-refractivity contribution in [2.75, 3.05) is 5.32 Å². The molecular weight excluding hydrogens is 353 g/mol. The van der Waals surface area contributed by atoms with Gasteiger partial charge in [-0.1, -0.05) is 17.7 Å². The second-order valence-electron chi connectivity index (χ2n) is 4.56. The van der Waals surface area contributed by atoms with Crippen molar-refractivity contribution in [3.05, 3.63) is 44.8 Å². The molecule has 4 nitrogen and oxygen atoms in total. The molecule has 0 saturated heterocycles. The smallest absolute Gasteiger partial charge is 0.246 e. The van der Waals surface area contributed by atoms with E-state index in [1.165, 1.54) is 5.56 Å². The van der Waals surface area contributed by atoms with Gasteiger partial charge in [0.25, 0.3) is 0 Å². The van der Waals surface area contributed by atoms with E-state index in [-0.39, 0.29) is 12.5 Å². The van der Waals surface area contributed by atoms with Gasteiger partial charge in [0.2, 0.25) is 5.91 Å². The van der Waals surface area contributed by atoms with Crippen molar-refractivity contribution >= 4 is 34.2 Å². The molecule has 0 fully saturated rings. The molecule has 2 rings (SSSR count). The predicted molar refractivity (Wildman–Crippen MR) is 84.2 cm³/mol. The van der Waals surface area contributed by atoms with Gasteiger partial charge in [-0.3, -0.25) is 9.48 Å². The van der Waals surface area contributed by atoms with Gasteiger partial charge in [0.1, 0.15) is 6.54 Å². The molecular formula is C14H16IN3O. The molecule has 5 heteroatoms. The van der Waals surface area contributed by atoms with Gasteiger partial charge in [-0.2, -0.15) is 5.10 Å². The fourth-order valence-electron chi connectivity index (χ4n) is 1.80. The highest BCUT2D eigenvalue weighted by atomic mass is 127. The van der Waals surface area contributed by atoms with Gasteiger partial charge in [0, 0.05) is 11.4 Å². The summed E-state index contributed by atoms with van der Waals surface area (Å²) in [6.45, 7) is 6.18. The number of nitrogens with one attached hydrogen (secondary N) is 1. The number of hydrogen-bond donors (Lipinski definition) is 1. The van der Waals surface area contributed by atoms with Crippen LogP contribution >= 0.6 is 22.6 Å². The van der Waals surface area contributed by atoms with Crippen LogP contribution in [0.3, 0.4) is 0 Å². The molecule has 0 bridgehead atoms. The Kier molecular flexibility index (Phi) is 4.24. The van der Waals surface area contributed by atoms with Gasteiger partial charge in [-0.05, 0) is 55.5 Å². The highest BCUT2D eigenvalue weighted by molar-refractivity contribution is 14.1. The van der Waals surface area contributed by atoms with Crippen LogP contribution < -0.4 is 5.32 Å². The number of aryl methyl sites for hydroxylation is 2. The van der Waals surface area contributed by atoms with E-state index in [0.29, 0.717) is 0 Å². The van der Waals surface area contributed by atoms with Gasteiger partial charge in [-0.25, -0.2) is 0 Å². The average Bonchev–Trinajstić information content (AvgIpc) is 2.60. The number of hydrogen-bond acceptors (Lipinski definition) is 2. The Labute approximate surface area is 126 Å². The molecule has 100 valence electrons. The molecule has 0 aliphatic carbocycles. The molecule has 0 saturated carbocycles. The minimum Gasteiger partial charge on any atom is -0.324 e. The molecule has 0 aliphatic heterocycles. The maximum absolute atomic E-state index is 12.0. The third-order valence-corrected chi connectivity index (χ3v) is 4.48. The summed E-state index contributed by atoms with van der Waals surface area (Å²) in [5.74, 6) is -0.0640. The lowest BCUT2D eigenvalue weighted by Gasteiger charge is -2.07. The first-order valence-corrected chi connectivity index (χ1v) is 7.11. The molecule has 1 aromatic carbocycles. The first-order chi connectivity index (χ1) is 8.97. The fourth-order valence-corrected chi connectivity index (χ4v) is 2.19. The maximum atomic E-state index is 12.0. The zero-order valence-electron chi connectivity index (χ0n) is 11.2. The van der Waals surface area contributed by atoms with Crippen LogP contribution in [0.25, 0.3) is 0 Å². The van der Waals surface area contributed by atoms with E-state index in [9.17, 15) is 4.79 Å². The van der Waals surface area contributed by atoms with Gasteiger partial charge in [0.05, 0.1) is 9.26 Å². The summed E-state index contributed by atoms with van der Waals surface area (Å²) in [6.07, 6.45) is 0. The molecule has 19 heavy (non-hydrogen) atoms. The van der Waals surface area contributed by atoms with Crippen LogP contribution in [0.15, 0.2) is 24.3 Å². The van der Waals surface area contributed by atoms with Crippen molar-refractivity contribution in [2.45, 2.75) is 27.3 Å². The van der Waals surface area contributed by atoms with E-state index in [4.69, 9.17) is 0 Å². The number of nitrogens with zero attached hydrogens (tertiary/aromatic N) is 2. The van der Waals surface area contributed by atoms with Crippen molar-refractivity contribution in [3.8, 4) is 0 Å². The highest BCUT2D eigenvalue weighted by Gasteiger charge is 2.11. The number of carbonyl (C=O) groups excluding carboxylic acids is 1. The lowest BCUT2D eigenvalue weighted by Crippen LogP contribution is -2.20. The summed E-state index contributed by atoms with van der Waals surface area (Å²) >= 11 is 2.25. The number of carbonyl (C=O) groups is 1. The van der Waals surface area contributed by atoms with E-state index < -0.39 is 0 Å². The Morgan fingerprint density at radius 3 is 2.42 bits per heavy atom. The van der Waals surface area contributed by atoms with Crippen LogP contribution in [0.4, 0.5) is 5.69 Å². The minimum atomic E-state index is -0.0640. The fraction of sp³-hybridized carbons (Fsp3) is 0.286. The predicted octanol–water partition coefficient (Wildman–Crippen LogP) is 3.05. The van der Waals surface area contributed by atoms with E-state index in [1.54, 1.807) is 4.68 Å². The molecule has 1 amide bonds. The van der Waals surface area contributed by atoms with Gasteiger partial charge in [-0.15, -0.1) is 0 Å². The Morgan fingerprint density at radius 1 is 1.26 bits per heavy atom. The average molecular weight is 369 g/mol. The SMILES string of the molecule is Cc1ccc(NC(=O)Cn2nc(C)c(I)c2C)cc1. The quantitative estimate of drug-likeness (QED) is 0.846. The molecule has 0 aliphatic rings. The number of anilines is 1. The van der Waals surface area contributed by atoms with Gasteiger partial charge < -0.3 is 5.32 Å². The summed E-state index contributed by atoms with van der Waals surface area (Å²) < 4.78 is 2.85. The molecule has 0 spiro atoms. The zero-order chi connectivity index (χ0) is 14.0. The lowest BCUT2D eigenvalue weighted by atomic mass is 10.2. The van der Waals surface area contributed by atoms with E-state index in [2.05, 4.69) is 33.0 Å². The number of rotatable bonds is 3. The molecule has 1 aromatic heterocycles. The normalized spacial score (nSPS) is 10.5. The molecule has 1 N–H and O–H groups in total. The molecule has 1 heterocycles. The Balaban J connectivity index is 2.05. The molecule has 0 atom stereocenters. The number of amides is 1. The van der Waals surface area contributed by atoms with E-state index in [1.807, 2.05) is 45.0 Å². The first kappa shape index (κ1) is 14.0. The van der Waals surface area contributed by atoms with Crippen LogP contribution in [-0.2, 0) is 11.3 Å². The topological polar surface area (TPSA) is 46.9 Å². The first-order valence-electron chi connectivity index (χ1n) is 6.03. The van der Waals surface area contributed by atoms with Gasteiger partial charge in [0.15, 0.2) is 0 Å². The van der Waals surface area contributed by atoms with Crippen molar-refractivity contribution in [1.29, 1.82) is 0 Å². The standard InChI is InChI=1S/C14H16IN3O/c1-9-4-6-12(7-5-9)16-13(19)8-18-11(3)14(15)10(2)17-18/h4-7H,8H2,1-3H3,(H,16,19). The third-order valence-electron chi connectivity index (χ3n) is 2.92. The lowest BCUT2D eigenvalue weighted by molar-refractivity contribution is -0.116. The molecule has 0 radical (unpaired) electrons. The summed E-state index contributed by atoms with van der Waals surface area (Å²) in [4.78, 5) is 12.0. The van der Waals surface area contributed by atoms with E-state index in [0.717, 1.165) is 20.6 Å². The van der Waals surface area contributed by atoms with Crippen LogP contribution in [-0.4, -0.2) is 15.7 Å². The second-order valence-corrected chi connectivity index (χ2v) is 5.64. The van der Waals surface area contributed by atoms with Crippen molar-refractivity contribution in [2.24, 2.45) is 0 Å². The monoisotopic (exact) mass is 369 g/mol. The number of halogens is 1. The molecule has 2 aromatic rings. The van der Waals surface area contributed by atoms with Crippen molar-refractivity contribution in [1.82, 2.24) is 9.78 Å². The summed E-state index contributed by atoms with van der Waals surface area (Å²) in [5, 5.41) is 7.23. The number of benzene rings is 1. The van der Waals surface area contributed by atoms with Crippen molar-refractivity contribution in [3.63, 3.8) is 0 Å². The Hall–Kier alpha value is -1.37. The Bertz CT molecular complexity index is 602. The summed E-state index contributed by atoms with van der Waals surface area (Å²) in [5.41, 5.74) is 3.97. The van der Waals surface area contributed by atoms with E-state index >= 15 is 0 Å². The van der Waals surface area contributed by atoms with Crippen LogP contribution in [0.1, 0.15) is 17.0 Å². The zero-order valence-corrected chi connectivity index (χ0v) is 13.4. The summed E-state index contributed by atoms with van der Waals surface area (Å²) in [6, 6.07) is 7.75. The third kappa shape index (κ3) is 3.34. The summed E-state index contributed by atoms with van der Waals surface area (Å²) in [7, 11) is 0. The Morgan fingerprint density at radius 2 is 1.89 bits per heavy atom. The maximum Gasteiger partial charge on any atom is 0.246 e. The van der Waals surface area contributed by atoms with Gasteiger partial charge >= 0.3 is 0 Å². The largest absolute Gasteiger partial charge is 0.324 e. The van der Waals surface area contributed by atoms with Crippen LogP contribution in [0.2, 0.25) is 0 Å².